The van der Waals surface area contributed by atoms with E-state index in [-0.39, 0.29) is 31.3 Å². The molecule has 0 saturated carbocycles. The van der Waals surface area contributed by atoms with Gasteiger partial charge in [-0.1, -0.05) is 18.2 Å². The first-order valence-electron chi connectivity index (χ1n) is 6.94. The summed E-state index contributed by atoms with van der Waals surface area (Å²) in [6.45, 7) is 3.31. The molecule has 21 heavy (non-hydrogen) atoms. The summed E-state index contributed by atoms with van der Waals surface area (Å²) in [4.78, 5) is 24.0. The maximum Gasteiger partial charge on any atom is 0.231 e. The lowest BCUT2D eigenvalue weighted by molar-refractivity contribution is -0.123. The van der Waals surface area contributed by atoms with Gasteiger partial charge in [0.25, 0.3) is 0 Å². The number of fused-ring (bicyclic) bond motifs is 1. The number of aliphatic hydroxyl groups excluding tert-OH is 1. The molecule has 0 aliphatic carbocycles. The average molecular weight is 288 g/mol. The van der Waals surface area contributed by atoms with E-state index in [1.54, 1.807) is 24.6 Å². The van der Waals surface area contributed by atoms with Crippen molar-refractivity contribution in [2.75, 3.05) is 6.61 Å². The highest BCUT2D eigenvalue weighted by molar-refractivity contribution is 5.94. The standard InChI is InChI=1S/C16H20N2O3/c1-16(2,11-19)17-14(20)7-8-15(21)18-10-9-12-5-3-4-6-13(12)18/h3-6,9-10,19H,7-8,11H2,1-2H3,(H,17,20). The summed E-state index contributed by atoms with van der Waals surface area (Å²) in [6.07, 6.45) is 1.96. The smallest absolute Gasteiger partial charge is 0.231 e. The molecule has 0 radical (unpaired) electrons. The van der Waals surface area contributed by atoms with Gasteiger partial charge in [-0.3, -0.25) is 14.2 Å². The Hall–Kier alpha value is -2.14. The topological polar surface area (TPSA) is 71.3 Å². The van der Waals surface area contributed by atoms with E-state index in [2.05, 4.69) is 5.32 Å². The minimum Gasteiger partial charge on any atom is -0.394 e. The molecule has 0 saturated heterocycles. The molecule has 0 fully saturated rings. The maximum atomic E-state index is 12.2. The van der Waals surface area contributed by atoms with Gasteiger partial charge in [0.15, 0.2) is 0 Å². The highest BCUT2D eigenvalue weighted by Gasteiger charge is 2.19. The van der Waals surface area contributed by atoms with Crippen molar-refractivity contribution < 1.29 is 14.7 Å². The molecule has 1 aromatic heterocycles. The number of carbonyl (C=O) groups is 2. The van der Waals surface area contributed by atoms with Crippen molar-refractivity contribution >= 4 is 22.7 Å². The molecule has 2 N–H and O–H groups in total. The number of aliphatic hydroxyl groups is 1. The number of carbonyl (C=O) groups excluding carboxylic acids is 2. The minimum absolute atomic E-state index is 0.106. The fraction of sp³-hybridized carbons (Fsp3) is 0.375. The third-order valence-corrected chi connectivity index (χ3v) is 3.31. The van der Waals surface area contributed by atoms with Crippen molar-refractivity contribution in [3.63, 3.8) is 0 Å². The summed E-state index contributed by atoms with van der Waals surface area (Å²) in [5.74, 6) is -0.355. The fourth-order valence-electron chi connectivity index (χ4n) is 2.12. The Balaban J connectivity index is 1.98. The zero-order valence-electron chi connectivity index (χ0n) is 12.3. The molecule has 1 amide bonds. The van der Waals surface area contributed by atoms with Crippen LogP contribution in [-0.4, -0.2) is 33.6 Å². The van der Waals surface area contributed by atoms with Gasteiger partial charge in [-0.05, 0) is 26.0 Å². The van der Waals surface area contributed by atoms with Crippen LogP contribution in [0.4, 0.5) is 0 Å². The first kappa shape index (κ1) is 15.3. The zero-order valence-corrected chi connectivity index (χ0v) is 12.3. The summed E-state index contributed by atoms with van der Waals surface area (Å²) in [5.41, 5.74) is 0.180. The van der Waals surface area contributed by atoms with Gasteiger partial charge >= 0.3 is 0 Å². The Morgan fingerprint density at radius 2 is 1.90 bits per heavy atom. The Labute approximate surface area is 123 Å². The van der Waals surface area contributed by atoms with E-state index in [1.165, 1.54) is 0 Å². The summed E-state index contributed by atoms with van der Waals surface area (Å²) in [6, 6.07) is 9.49. The lowest BCUT2D eigenvalue weighted by Gasteiger charge is -2.23. The van der Waals surface area contributed by atoms with Gasteiger partial charge in [0.1, 0.15) is 0 Å². The predicted octanol–water partition coefficient (Wildman–Crippen LogP) is 1.95. The number of nitrogens with zero attached hydrogens (tertiary/aromatic N) is 1. The van der Waals surface area contributed by atoms with Crippen LogP contribution < -0.4 is 5.32 Å². The Morgan fingerprint density at radius 1 is 1.19 bits per heavy atom. The second-order valence-corrected chi connectivity index (χ2v) is 5.73. The van der Waals surface area contributed by atoms with Gasteiger partial charge in [0.05, 0.1) is 17.7 Å². The number of hydrogen-bond donors (Lipinski definition) is 2. The molecule has 0 aliphatic heterocycles. The normalized spacial score (nSPS) is 11.6. The molecule has 0 unspecified atom stereocenters. The van der Waals surface area contributed by atoms with Crippen molar-refractivity contribution in [3.8, 4) is 0 Å². The largest absolute Gasteiger partial charge is 0.394 e. The van der Waals surface area contributed by atoms with Gasteiger partial charge in [0, 0.05) is 24.4 Å². The van der Waals surface area contributed by atoms with E-state index in [9.17, 15) is 9.59 Å². The molecule has 112 valence electrons. The van der Waals surface area contributed by atoms with Crippen LogP contribution >= 0.6 is 0 Å². The van der Waals surface area contributed by atoms with Crippen LogP contribution in [0.2, 0.25) is 0 Å². The number of para-hydroxylation sites is 1. The number of hydrogen-bond acceptors (Lipinski definition) is 3. The fourth-order valence-corrected chi connectivity index (χ4v) is 2.12. The molecule has 2 aromatic rings. The lowest BCUT2D eigenvalue weighted by atomic mass is 10.1. The van der Waals surface area contributed by atoms with Crippen molar-refractivity contribution in [1.82, 2.24) is 9.88 Å². The van der Waals surface area contributed by atoms with Crippen LogP contribution in [0.3, 0.4) is 0 Å². The van der Waals surface area contributed by atoms with E-state index >= 15 is 0 Å². The third kappa shape index (κ3) is 3.70. The molecule has 5 heteroatoms. The van der Waals surface area contributed by atoms with Crippen LogP contribution in [0.25, 0.3) is 10.9 Å². The predicted molar refractivity (Wildman–Crippen MR) is 81.1 cm³/mol. The van der Waals surface area contributed by atoms with Gasteiger partial charge in [-0.2, -0.15) is 0 Å². The molecule has 2 rings (SSSR count). The quantitative estimate of drug-likeness (QED) is 0.883. The van der Waals surface area contributed by atoms with E-state index < -0.39 is 5.54 Å². The number of aromatic nitrogens is 1. The van der Waals surface area contributed by atoms with Gasteiger partial charge in [-0.25, -0.2) is 0 Å². The monoisotopic (exact) mass is 288 g/mol. The van der Waals surface area contributed by atoms with Crippen LogP contribution in [0.5, 0.6) is 0 Å². The van der Waals surface area contributed by atoms with E-state index in [4.69, 9.17) is 5.11 Å². The van der Waals surface area contributed by atoms with Crippen molar-refractivity contribution in [2.45, 2.75) is 32.2 Å². The Bertz CT molecular complexity index is 658. The molecular formula is C16H20N2O3. The van der Waals surface area contributed by atoms with Crippen LogP contribution in [-0.2, 0) is 4.79 Å². The maximum absolute atomic E-state index is 12.2. The van der Waals surface area contributed by atoms with E-state index in [0.717, 1.165) is 10.9 Å². The second kappa shape index (κ2) is 6.10. The van der Waals surface area contributed by atoms with Gasteiger partial charge < -0.3 is 10.4 Å². The molecule has 5 nitrogen and oxygen atoms in total. The van der Waals surface area contributed by atoms with Gasteiger partial charge in [0.2, 0.25) is 11.8 Å². The van der Waals surface area contributed by atoms with Crippen molar-refractivity contribution in [2.24, 2.45) is 0 Å². The van der Waals surface area contributed by atoms with Crippen LogP contribution in [0.15, 0.2) is 36.5 Å². The molecule has 1 aromatic carbocycles. The van der Waals surface area contributed by atoms with Crippen molar-refractivity contribution in [3.05, 3.63) is 36.5 Å². The molecule has 0 bridgehead atoms. The first-order chi connectivity index (χ1) is 9.93. The summed E-state index contributed by atoms with van der Waals surface area (Å²) in [5, 5.41) is 12.8. The third-order valence-electron chi connectivity index (χ3n) is 3.31. The molecule has 0 atom stereocenters. The molecular weight excluding hydrogens is 268 g/mol. The number of nitrogens with one attached hydrogen (secondary N) is 1. The second-order valence-electron chi connectivity index (χ2n) is 5.73. The van der Waals surface area contributed by atoms with E-state index in [0.29, 0.717) is 0 Å². The lowest BCUT2D eigenvalue weighted by Crippen LogP contribution is -2.46. The van der Waals surface area contributed by atoms with Gasteiger partial charge in [-0.15, -0.1) is 0 Å². The highest BCUT2D eigenvalue weighted by atomic mass is 16.3. The molecule has 1 heterocycles. The first-order valence-corrected chi connectivity index (χ1v) is 6.94. The Morgan fingerprint density at radius 3 is 2.62 bits per heavy atom. The number of rotatable bonds is 5. The summed E-state index contributed by atoms with van der Waals surface area (Å²) >= 11 is 0. The summed E-state index contributed by atoms with van der Waals surface area (Å²) in [7, 11) is 0. The summed E-state index contributed by atoms with van der Waals surface area (Å²) < 4.78 is 1.57. The average Bonchev–Trinajstić information content (AvgIpc) is 2.88. The van der Waals surface area contributed by atoms with Crippen LogP contribution in [0, 0.1) is 0 Å². The van der Waals surface area contributed by atoms with Crippen molar-refractivity contribution in [1.29, 1.82) is 0 Å². The van der Waals surface area contributed by atoms with Crippen LogP contribution in [0.1, 0.15) is 31.5 Å². The minimum atomic E-state index is -0.666. The van der Waals surface area contributed by atoms with E-state index in [1.807, 2.05) is 30.3 Å². The molecule has 0 aliphatic rings. The zero-order chi connectivity index (χ0) is 15.5. The number of amides is 1. The molecule has 0 spiro atoms. The Kier molecular flexibility index (Phi) is 4.43. The SMILES string of the molecule is CC(C)(CO)NC(=O)CCC(=O)n1ccc2ccccc21. The highest BCUT2D eigenvalue weighted by Crippen LogP contribution is 2.15. The number of benzene rings is 1.